The summed E-state index contributed by atoms with van der Waals surface area (Å²) in [5.41, 5.74) is 0. The Morgan fingerprint density at radius 1 is 1.39 bits per heavy atom. The summed E-state index contributed by atoms with van der Waals surface area (Å²) in [5.74, 6) is 0.991. The lowest BCUT2D eigenvalue weighted by atomic mass is 10.1. The smallest absolute Gasteiger partial charge is 0.169 e. The number of rotatable bonds is 9. The zero-order valence-electron chi connectivity index (χ0n) is 11.7. The lowest BCUT2D eigenvalue weighted by molar-refractivity contribution is -0.130. The Morgan fingerprint density at radius 3 is 2.78 bits per heavy atom. The first-order valence-electron chi connectivity index (χ1n) is 6.87. The van der Waals surface area contributed by atoms with Crippen molar-refractivity contribution in [1.82, 2.24) is 9.55 Å². The second kappa shape index (κ2) is 8.03. The molecule has 1 heterocycles. The molecule has 4 heteroatoms. The van der Waals surface area contributed by atoms with Crippen LogP contribution < -0.4 is 0 Å². The van der Waals surface area contributed by atoms with E-state index in [-0.39, 0.29) is 11.9 Å². The van der Waals surface area contributed by atoms with Crippen molar-refractivity contribution in [3.63, 3.8) is 0 Å². The molecule has 0 radical (unpaired) electrons. The Bertz CT molecular complexity index is 354. The molecule has 0 aliphatic heterocycles. The van der Waals surface area contributed by atoms with Crippen molar-refractivity contribution in [2.75, 3.05) is 6.61 Å². The molecule has 102 valence electrons. The van der Waals surface area contributed by atoms with Crippen LogP contribution in [0, 0.1) is 0 Å². The number of nitrogens with zero attached hydrogens (tertiary/aromatic N) is 2. The number of imidazole rings is 1. The Balaban J connectivity index is 2.63. The molecular weight excluding hydrogens is 228 g/mol. The molecule has 18 heavy (non-hydrogen) atoms. The zero-order valence-corrected chi connectivity index (χ0v) is 11.7. The maximum Gasteiger partial charge on any atom is 0.169 e. The average molecular weight is 252 g/mol. The van der Waals surface area contributed by atoms with Crippen LogP contribution in [0.3, 0.4) is 0 Å². The molecule has 1 unspecified atom stereocenters. The fourth-order valence-electron chi connectivity index (χ4n) is 2.02. The van der Waals surface area contributed by atoms with E-state index >= 15 is 0 Å². The number of aryl methyl sites for hydroxylation is 1. The van der Waals surface area contributed by atoms with E-state index in [1.165, 1.54) is 0 Å². The van der Waals surface area contributed by atoms with Crippen LogP contribution in [0.15, 0.2) is 12.4 Å². The number of carbonyl (C=O) groups excluding carboxylic acids is 1. The predicted octanol–water partition coefficient (Wildman–Crippen LogP) is 2.61. The highest BCUT2D eigenvalue weighted by Crippen LogP contribution is 2.09. The lowest BCUT2D eigenvalue weighted by Crippen LogP contribution is -2.27. The Morgan fingerprint density at radius 2 is 2.17 bits per heavy atom. The number of Topliss-reactive ketones (excluding diaryl/α,β-unsaturated/α-hetero) is 1. The van der Waals surface area contributed by atoms with Gasteiger partial charge in [0.1, 0.15) is 11.9 Å². The zero-order chi connectivity index (χ0) is 13.4. The third-order valence-corrected chi connectivity index (χ3v) is 2.88. The van der Waals surface area contributed by atoms with Gasteiger partial charge in [0.2, 0.25) is 0 Å². The van der Waals surface area contributed by atoms with Gasteiger partial charge in [0, 0.05) is 25.5 Å². The van der Waals surface area contributed by atoms with Crippen LogP contribution in [0.5, 0.6) is 0 Å². The minimum Gasteiger partial charge on any atom is -0.371 e. The van der Waals surface area contributed by atoms with Crippen molar-refractivity contribution in [2.45, 2.75) is 59.1 Å². The third kappa shape index (κ3) is 4.26. The molecular formula is C14H24N2O2. The number of ketones is 1. The molecule has 1 aromatic heterocycles. The molecule has 1 atom stereocenters. The summed E-state index contributed by atoms with van der Waals surface area (Å²) in [6.07, 6.45) is 6.59. The minimum absolute atomic E-state index is 0.141. The molecule has 0 saturated carbocycles. The normalized spacial score (nSPS) is 12.6. The van der Waals surface area contributed by atoms with Crippen molar-refractivity contribution in [3.05, 3.63) is 18.2 Å². The van der Waals surface area contributed by atoms with E-state index < -0.39 is 0 Å². The quantitative estimate of drug-likeness (QED) is 0.678. The van der Waals surface area contributed by atoms with Crippen molar-refractivity contribution in [3.8, 4) is 0 Å². The van der Waals surface area contributed by atoms with Crippen LogP contribution in [-0.2, 0) is 22.5 Å². The van der Waals surface area contributed by atoms with Gasteiger partial charge in [-0.25, -0.2) is 4.98 Å². The Labute approximate surface area is 109 Å². The number of aromatic nitrogens is 2. The van der Waals surface area contributed by atoms with Crippen LogP contribution >= 0.6 is 0 Å². The number of ether oxygens (including phenoxy) is 1. The molecule has 0 aliphatic carbocycles. The fraction of sp³-hybridized carbons (Fsp3) is 0.714. The van der Waals surface area contributed by atoms with Gasteiger partial charge in [-0.05, 0) is 19.8 Å². The molecule has 4 nitrogen and oxygen atoms in total. The first-order chi connectivity index (χ1) is 8.72. The Hall–Kier alpha value is -1.16. The summed E-state index contributed by atoms with van der Waals surface area (Å²) < 4.78 is 7.55. The van der Waals surface area contributed by atoms with Gasteiger partial charge in [-0.2, -0.15) is 0 Å². The van der Waals surface area contributed by atoms with Crippen LogP contribution in [0.4, 0.5) is 0 Å². The van der Waals surface area contributed by atoms with E-state index in [1.54, 1.807) is 6.20 Å². The van der Waals surface area contributed by atoms with Crippen LogP contribution in [0.2, 0.25) is 0 Å². The van der Waals surface area contributed by atoms with E-state index in [2.05, 4.69) is 18.8 Å². The SMILES string of the molecule is CCCC(OCC)C(=O)Cc1nccn1CCC. The predicted molar refractivity (Wildman–Crippen MR) is 71.6 cm³/mol. The second-order valence-corrected chi connectivity index (χ2v) is 4.41. The summed E-state index contributed by atoms with van der Waals surface area (Å²) in [4.78, 5) is 16.4. The summed E-state index contributed by atoms with van der Waals surface area (Å²) in [6.45, 7) is 7.60. The first kappa shape index (κ1) is 14.9. The van der Waals surface area contributed by atoms with Crippen LogP contribution in [-0.4, -0.2) is 28.0 Å². The summed E-state index contributed by atoms with van der Waals surface area (Å²) in [6, 6.07) is 0. The second-order valence-electron chi connectivity index (χ2n) is 4.41. The van der Waals surface area contributed by atoms with Gasteiger partial charge in [-0.15, -0.1) is 0 Å². The molecule has 0 N–H and O–H groups in total. The van der Waals surface area contributed by atoms with Crippen LogP contribution in [0.1, 0.15) is 45.9 Å². The molecule has 0 spiro atoms. The number of carbonyl (C=O) groups is 1. The largest absolute Gasteiger partial charge is 0.371 e. The Kier molecular flexibility index (Phi) is 6.65. The van der Waals surface area contributed by atoms with E-state index in [9.17, 15) is 4.79 Å². The topological polar surface area (TPSA) is 44.1 Å². The highest BCUT2D eigenvalue weighted by atomic mass is 16.5. The van der Waals surface area contributed by atoms with Crippen molar-refractivity contribution in [2.24, 2.45) is 0 Å². The first-order valence-corrected chi connectivity index (χ1v) is 6.87. The van der Waals surface area contributed by atoms with E-state index in [1.807, 2.05) is 17.7 Å². The number of hydrogen-bond acceptors (Lipinski definition) is 3. The van der Waals surface area contributed by atoms with Crippen molar-refractivity contribution >= 4 is 5.78 Å². The average Bonchev–Trinajstić information content (AvgIpc) is 2.77. The van der Waals surface area contributed by atoms with Crippen LogP contribution in [0.25, 0.3) is 0 Å². The van der Waals surface area contributed by atoms with Crippen molar-refractivity contribution in [1.29, 1.82) is 0 Å². The standard InChI is InChI=1S/C14H24N2O2/c1-4-7-13(18-6-3)12(17)11-14-15-8-10-16(14)9-5-2/h8,10,13H,4-7,9,11H2,1-3H3. The highest BCUT2D eigenvalue weighted by Gasteiger charge is 2.19. The van der Waals surface area contributed by atoms with Gasteiger partial charge >= 0.3 is 0 Å². The lowest BCUT2D eigenvalue weighted by Gasteiger charge is -2.15. The molecule has 1 rings (SSSR count). The van der Waals surface area contributed by atoms with Gasteiger partial charge in [-0.3, -0.25) is 4.79 Å². The van der Waals surface area contributed by atoms with E-state index in [0.717, 1.165) is 31.6 Å². The molecule has 0 fully saturated rings. The molecule has 0 aliphatic rings. The van der Waals surface area contributed by atoms with Gasteiger partial charge in [0.25, 0.3) is 0 Å². The maximum absolute atomic E-state index is 12.2. The molecule has 1 aromatic rings. The van der Waals surface area contributed by atoms with Crippen molar-refractivity contribution < 1.29 is 9.53 Å². The fourth-order valence-corrected chi connectivity index (χ4v) is 2.02. The van der Waals surface area contributed by atoms with Gasteiger partial charge in [0.05, 0.1) is 6.42 Å². The molecule has 0 saturated heterocycles. The minimum atomic E-state index is -0.272. The molecule has 0 aromatic carbocycles. The van der Waals surface area contributed by atoms with Gasteiger partial charge < -0.3 is 9.30 Å². The maximum atomic E-state index is 12.2. The third-order valence-electron chi connectivity index (χ3n) is 2.88. The molecule has 0 bridgehead atoms. The summed E-state index contributed by atoms with van der Waals surface area (Å²) >= 11 is 0. The van der Waals surface area contributed by atoms with E-state index in [0.29, 0.717) is 13.0 Å². The summed E-state index contributed by atoms with van der Waals surface area (Å²) in [5, 5.41) is 0. The van der Waals surface area contributed by atoms with Gasteiger partial charge in [0.15, 0.2) is 5.78 Å². The number of hydrogen-bond donors (Lipinski definition) is 0. The van der Waals surface area contributed by atoms with Gasteiger partial charge in [-0.1, -0.05) is 20.3 Å². The summed E-state index contributed by atoms with van der Waals surface area (Å²) in [7, 11) is 0. The van der Waals surface area contributed by atoms with E-state index in [4.69, 9.17) is 4.74 Å². The highest BCUT2D eigenvalue weighted by molar-refractivity contribution is 5.84. The monoisotopic (exact) mass is 252 g/mol. The molecule has 0 amide bonds.